The van der Waals surface area contributed by atoms with Crippen molar-refractivity contribution in [2.75, 3.05) is 6.61 Å². The maximum atomic E-state index is 12.2. The van der Waals surface area contributed by atoms with Crippen molar-refractivity contribution in [3.8, 4) is 11.6 Å². The Morgan fingerprint density at radius 2 is 2.00 bits per heavy atom. The SMILES string of the molecule is Cc1ccc(C(C)C)c(OCC(=O)NNC(=O)c2ccc(-n3ccnc3)nc2)c1. The molecule has 3 rings (SSSR count). The zero-order chi connectivity index (χ0) is 20.8. The Bertz CT molecular complexity index is 982. The second-order valence-corrected chi connectivity index (χ2v) is 6.86. The number of amides is 2. The first-order chi connectivity index (χ1) is 13.9. The predicted octanol–water partition coefficient (Wildman–Crippen LogP) is 2.54. The molecule has 1 aromatic carbocycles. The second kappa shape index (κ2) is 9.01. The zero-order valence-electron chi connectivity index (χ0n) is 16.5. The summed E-state index contributed by atoms with van der Waals surface area (Å²) in [6, 6.07) is 9.20. The predicted molar refractivity (Wildman–Crippen MR) is 108 cm³/mol. The summed E-state index contributed by atoms with van der Waals surface area (Å²) in [5, 5.41) is 0. The molecule has 2 N–H and O–H groups in total. The molecule has 0 saturated carbocycles. The van der Waals surface area contributed by atoms with Gasteiger partial charge in [-0.25, -0.2) is 9.97 Å². The summed E-state index contributed by atoms with van der Waals surface area (Å²) in [5.41, 5.74) is 7.10. The molecule has 2 aromatic heterocycles. The molecule has 2 heterocycles. The summed E-state index contributed by atoms with van der Waals surface area (Å²) in [4.78, 5) is 32.4. The van der Waals surface area contributed by atoms with Crippen LogP contribution in [0.5, 0.6) is 5.75 Å². The highest BCUT2D eigenvalue weighted by Gasteiger charge is 2.12. The lowest BCUT2D eigenvalue weighted by Crippen LogP contribution is -2.43. The van der Waals surface area contributed by atoms with Crippen molar-refractivity contribution >= 4 is 11.8 Å². The van der Waals surface area contributed by atoms with Crippen molar-refractivity contribution in [1.82, 2.24) is 25.4 Å². The normalized spacial score (nSPS) is 10.6. The van der Waals surface area contributed by atoms with Gasteiger partial charge in [0.15, 0.2) is 6.61 Å². The van der Waals surface area contributed by atoms with E-state index in [0.717, 1.165) is 11.1 Å². The van der Waals surface area contributed by atoms with Crippen LogP contribution in [0.4, 0.5) is 0 Å². The van der Waals surface area contributed by atoms with E-state index < -0.39 is 11.8 Å². The highest BCUT2D eigenvalue weighted by molar-refractivity contribution is 5.95. The molecule has 0 aliphatic carbocycles. The Kier molecular flexibility index (Phi) is 6.23. The standard InChI is InChI=1S/C21H23N5O3/c1-14(2)17-6-4-15(3)10-18(17)29-12-20(27)24-25-21(28)16-5-7-19(23-11-16)26-9-8-22-13-26/h4-11,13-14H,12H2,1-3H3,(H,24,27)(H,25,28). The summed E-state index contributed by atoms with van der Waals surface area (Å²) in [7, 11) is 0. The van der Waals surface area contributed by atoms with E-state index in [1.165, 1.54) is 6.20 Å². The van der Waals surface area contributed by atoms with E-state index in [9.17, 15) is 9.59 Å². The number of hydrogen-bond donors (Lipinski definition) is 2. The van der Waals surface area contributed by atoms with Crippen LogP contribution in [-0.4, -0.2) is 33.0 Å². The lowest BCUT2D eigenvalue weighted by molar-refractivity contribution is -0.123. The third kappa shape index (κ3) is 5.19. The van der Waals surface area contributed by atoms with E-state index >= 15 is 0 Å². The van der Waals surface area contributed by atoms with Crippen LogP contribution in [0.2, 0.25) is 0 Å². The molecule has 8 nitrogen and oxygen atoms in total. The van der Waals surface area contributed by atoms with Crippen molar-refractivity contribution in [1.29, 1.82) is 0 Å². The Hall–Kier alpha value is -3.68. The number of aryl methyl sites for hydroxylation is 1. The highest BCUT2D eigenvalue weighted by Crippen LogP contribution is 2.27. The van der Waals surface area contributed by atoms with E-state index in [1.807, 2.05) is 25.1 Å². The summed E-state index contributed by atoms with van der Waals surface area (Å²) in [6.07, 6.45) is 6.43. The van der Waals surface area contributed by atoms with Gasteiger partial charge in [0.25, 0.3) is 11.8 Å². The summed E-state index contributed by atoms with van der Waals surface area (Å²) in [5.74, 6) is 0.640. The quantitative estimate of drug-likeness (QED) is 0.627. The number of nitrogens with zero attached hydrogens (tertiary/aromatic N) is 3. The summed E-state index contributed by atoms with van der Waals surface area (Å²) < 4.78 is 7.37. The van der Waals surface area contributed by atoms with Gasteiger partial charge in [-0.15, -0.1) is 0 Å². The van der Waals surface area contributed by atoms with Crippen molar-refractivity contribution in [2.24, 2.45) is 0 Å². The van der Waals surface area contributed by atoms with Crippen LogP contribution in [-0.2, 0) is 4.79 Å². The highest BCUT2D eigenvalue weighted by atomic mass is 16.5. The number of rotatable bonds is 6. The van der Waals surface area contributed by atoms with Gasteiger partial charge >= 0.3 is 0 Å². The molecule has 0 bridgehead atoms. The lowest BCUT2D eigenvalue weighted by Gasteiger charge is -2.15. The average Bonchev–Trinajstić information content (AvgIpc) is 3.25. The fraction of sp³-hybridized carbons (Fsp3) is 0.238. The molecule has 0 aliphatic heterocycles. The van der Waals surface area contributed by atoms with Crippen LogP contribution in [0, 0.1) is 6.92 Å². The number of hydrazine groups is 1. The van der Waals surface area contributed by atoms with Crippen LogP contribution in [0.25, 0.3) is 5.82 Å². The number of nitrogens with one attached hydrogen (secondary N) is 2. The van der Waals surface area contributed by atoms with E-state index in [-0.39, 0.29) is 12.5 Å². The molecule has 0 fully saturated rings. The van der Waals surface area contributed by atoms with Gasteiger partial charge in [-0.1, -0.05) is 26.0 Å². The van der Waals surface area contributed by atoms with E-state index in [4.69, 9.17) is 4.74 Å². The van der Waals surface area contributed by atoms with Crippen LogP contribution >= 0.6 is 0 Å². The van der Waals surface area contributed by atoms with Gasteiger partial charge in [0.05, 0.1) is 5.56 Å². The minimum atomic E-state index is -0.471. The first-order valence-corrected chi connectivity index (χ1v) is 9.21. The van der Waals surface area contributed by atoms with Crippen LogP contribution < -0.4 is 15.6 Å². The fourth-order valence-electron chi connectivity index (χ4n) is 2.69. The van der Waals surface area contributed by atoms with Gasteiger partial charge in [-0.2, -0.15) is 0 Å². The van der Waals surface area contributed by atoms with Crippen LogP contribution in [0.3, 0.4) is 0 Å². The number of hydrogen-bond acceptors (Lipinski definition) is 5. The van der Waals surface area contributed by atoms with Gasteiger partial charge in [-0.3, -0.25) is 25.0 Å². The molecule has 3 aromatic rings. The largest absolute Gasteiger partial charge is 0.483 e. The van der Waals surface area contributed by atoms with Crippen molar-refractivity contribution < 1.29 is 14.3 Å². The Labute approximate surface area is 168 Å². The smallest absolute Gasteiger partial charge is 0.276 e. The number of carbonyl (C=O) groups excluding carboxylic acids is 2. The first kappa shape index (κ1) is 20.1. The van der Waals surface area contributed by atoms with Crippen molar-refractivity contribution in [3.05, 3.63) is 71.9 Å². The molecule has 2 amide bonds. The Morgan fingerprint density at radius 3 is 2.66 bits per heavy atom. The Morgan fingerprint density at radius 1 is 1.17 bits per heavy atom. The fourth-order valence-corrected chi connectivity index (χ4v) is 2.69. The van der Waals surface area contributed by atoms with Gasteiger partial charge in [0.2, 0.25) is 0 Å². The Balaban J connectivity index is 1.52. The van der Waals surface area contributed by atoms with Gasteiger partial charge < -0.3 is 4.74 Å². The minimum absolute atomic E-state index is 0.207. The number of ether oxygens (including phenoxy) is 1. The van der Waals surface area contributed by atoms with Gasteiger partial charge in [0.1, 0.15) is 17.9 Å². The third-order valence-electron chi connectivity index (χ3n) is 4.24. The molecule has 0 aliphatic rings. The van der Waals surface area contributed by atoms with Gasteiger partial charge in [-0.05, 0) is 42.2 Å². The molecule has 0 unspecified atom stereocenters. The van der Waals surface area contributed by atoms with Crippen LogP contribution in [0.1, 0.15) is 41.3 Å². The number of carbonyl (C=O) groups is 2. The molecular weight excluding hydrogens is 370 g/mol. The van der Waals surface area contributed by atoms with Gasteiger partial charge in [0, 0.05) is 18.6 Å². The maximum absolute atomic E-state index is 12.2. The van der Waals surface area contributed by atoms with Crippen molar-refractivity contribution in [3.63, 3.8) is 0 Å². The maximum Gasteiger partial charge on any atom is 0.276 e. The van der Waals surface area contributed by atoms with E-state index in [0.29, 0.717) is 17.1 Å². The molecule has 0 saturated heterocycles. The number of imidazole rings is 1. The minimum Gasteiger partial charge on any atom is -0.483 e. The number of benzene rings is 1. The number of aromatic nitrogens is 3. The molecule has 0 atom stereocenters. The third-order valence-corrected chi connectivity index (χ3v) is 4.24. The lowest BCUT2D eigenvalue weighted by atomic mass is 10.0. The van der Waals surface area contributed by atoms with Crippen LogP contribution in [0.15, 0.2) is 55.2 Å². The summed E-state index contributed by atoms with van der Waals surface area (Å²) in [6.45, 7) is 5.87. The molecule has 0 radical (unpaired) electrons. The second-order valence-electron chi connectivity index (χ2n) is 6.86. The van der Waals surface area contributed by atoms with E-state index in [2.05, 4.69) is 34.7 Å². The molecule has 0 spiro atoms. The molecular formula is C21H23N5O3. The molecule has 150 valence electrons. The zero-order valence-corrected chi connectivity index (χ0v) is 16.5. The first-order valence-electron chi connectivity index (χ1n) is 9.21. The molecule has 29 heavy (non-hydrogen) atoms. The van der Waals surface area contributed by atoms with Crippen molar-refractivity contribution in [2.45, 2.75) is 26.7 Å². The average molecular weight is 393 g/mol. The number of pyridine rings is 1. The van der Waals surface area contributed by atoms with E-state index in [1.54, 1.807) is 35.4 Å². The topological polar surface area (TPSA) is 98.1 Å². The summed E-state index contributed by atoms with van der Waals surface area (Å²) >= 11 is 0. The molecule has 8 heteroatoms. The monoisotopic (exact) mass is 393 g/mol.